The molecule has 1 aromatic carbocycles. The highest BCUT2D eigenvalue weighted by molar-refractivity contribution is 8.01. The predicted octanol–water partition coefficient (Wildman–Crippen LogP) is 0.674. The highest BCUT2D eigenvalue weighted by Crippen LogP contribution is 2.41. The number of aryl methyl sites for hydroxylation is 1. The molecule has 0 spiro atoms. The topological polar surface area (TPSA) is 123 Å². The summed E-state index contributed by atoms with van der Waals surface area (Å²) in [6.45, 7) is 0.204. The third-order valence-electron chi connectivity index (χ3n) is 5.08. The predicted molar refractivity (Wildman–Crippen MR) is 116 cm³/mol. The van der Waals surface area contributed by atoms with Gasteiger partial charge in [-0.3, -0.25) is 24.1 Å². The lowest BCUT2D eigenvalue weighted by atomic mass is 10.0. The fourth-order valence-electron chi connectivity index (χ4n) is 3.47. The summed E-state index contributed by atoms with van der Waals surface area (Å²) in [6.07, 6.45) is 1.10. The van der Waals surface area contributed by atoms with Crippen molar-refractivity contribution in [3.8, 4) is 0 Å². The Balaban J connectivity index is 1.45. The van der Waals surface area contributed by atoms with Gasteiger partial charge < -0.3 is 14.6 Å². The van der Waals surface area contributed by atoms with Crippen molar-refractivity contribution >= 4 is 48.1 Å². The lowest BCUT2D eigenvalue weighted by molar-refractivity contribution is -0.151. The van der Waals surface area contributed by atoms with Crippen molar-refractivity contribution in [3.63, 3.8) is 0 Å². The van der Waals surface area contributed by atoms with Crippen LogP contribution in [0, 0.1) is 0 Å². The number of β-lactam (4-membered cyclic amide) rings is 1. The van der Waals surface area contributed by atoms with Gasteiger partial charge in [0.2, 0.25) is 6.10 Å². The molecule has 0 saturated carbocycles. The third-order valence-corrected chi connectivity index (χ3v) is 7.54. The van der Waals surface area contributed by atoms with Crippen LogP contribution in [0.2, 0.25) is 0 Å². The highest BCUT2D eigenvalue weighted by Gasteiger charge is 2.53. The Morgan fingerprint density at radius 3 is 2.81 bits per heavy atom. The number of rotatable bonds is 9. The first-order chi connectivity index (χ1) is 15.5. The number of carbonyl (C=O) groups is 4. The number of hydrogen-bond donors (Lipinski definition) is 1. The van der Waals surface area contributed by atoms with Crippen molar-refractivity contribution in [1.82, 2.24) is 25.0 Å². The zero-order chi connectivity index (χ0) is 22.7. The van der Waals surface area contributed by atoms with E-state index in [2.05, 4.69) is 15.5 Å². The maximum atomic E-state index is 12.8. The minimum Gasteiger partial charge on any atom is -0.449 e. The number of hydrogen-bond acceptors (Lipinski definition) is 9. The zero-order valence-corrected chi connectivity index (χ0v) is 18.5. The summed E-state index contributed by atoms with van der Waals surface area (Å²) in [4.78, 5) is 49.7. The molecule has 0 unspecified atom stereocenters. The van der Waals surface area contributed by atoms with Crippen molar-refractivity contribution in [2.45, 2.75) is 22.7 Å². The van der Waals surface area contributed by atoms with Crippen LogP contribution >= 0.6 is 23.5 Å². The van der Waals surface area contributed by atoms with E-state index in [4.69, 9.17) is 4.74 Å². The number of benzene rings is 1. The number of nitrogens with one attached hydrogen (secondary N) is 1. The molecule has 0 radical (unpaired) electrons. The number of thioether (sulfide) groups is 2. The van der Waals surface area contributed by atoms with Crippen molar-refractivity contribution < 1.29 is 23.9 Å². The summed E-state index contributed by atoms with van der Waals surface area (Å²) in [5, 5.41) is 10.8. The number of allylic oxidation sites excluding steroid dienone is 1. The second-order valence-electron chi connectivity index (χ2n) is 7.04. The van der Waals surface area contributed by atoms with Gasteiger partial charge in [-0.25, -0.2) is 0 Å². The van der Waals surface area contributed by atoms with Crippen LogP contribution in [0.15, 0.2) is 53.1 Å². The molecule has 1 aromatic heterocycles. The number of fused-ring (bicyclic) bond motifs is 1. The number of amides is 2. The lowest BCUT2D eigenvalue weighted by Gasteiger charge is -2.49. The monoisotopic (exact) mass is 473 g/mol. The summed E-state index contributed by atoms with van der Waals surface area (Å²) < 4.78 is 6.73. The van der Waals surface area contributed by atoms with Gasteiger partial charge in [-0.05, 0) is 5.57 Å². The summed E-state index contributed by atoms with van der Waals surface area (Å²) in [5.74, 6) is 0.0516. The van der Waals surface area contributed by atoms with E-state index in [-0.39, 0.29) is 12.4 Å². The Kier molecular flexibility index (Phi) is 6.61. The van der Waals surface area contributed by atoms with Gasteiger partial charge in [0, 0.05) is 24.1 Å². The zero-order valence-electron chi connectivity index (χ0n) is 16.9. The largest absolute Gasteiger partial charge is 0.449 e. The molecule has 32 heavy (non-hydrogen) atoms. The average Bonchev–Trinajstić information content (AvgIpc) is 3.23. The maximum absolute atomic E-state index is 12.8. The summed E-state index contributed by atoms with van der Waals surface area (Å²) in [6, 6.07) is 7.73. The van der Waals surface area contributed by atoms with E-state index < -0.39 is 23.4 Å². The van der Waals surface area contributed by atoms with E-state index in [1.54, 1.807) is 41.2 Å². The Labute approximate surface area is 191 Å². The smallest absolute Gasteiger partial charge is 0.294 e. The molecule has 12 heteroatoms. The number of ether oxygens (including phenoxy) is 1. The van der Waals surface area contributed by atoms with E-state index in [0.717, 1.165) is 5.57 Å². The fourth-order valence-corrected chi connectivity index (χ4v) is 5.87. The van der Waals surface area contributed by atoms with Crippen LogP contribution in [0.1, 0.15) is 11.7 Å². The SMILES string of the molecule is Cn1cnnc1SCC1=C(C=O)N2C(=O)[C@@H](NC(=O)[C@H](OC=O)c3ccccc3)[C@H]2SC1. The van der Waals surface area contributed by atoms with E-state index in [1.807, 2.05) is 7.05 Å². The molecule has 3 heterocycles. The van der Waals surface area contributed by atoms with E-state index in [0.29, 0.717) is 34.2 Å². The summed E-state index contributed by atoms with van der Waals surface area (Å²) in [5.41, 5.74) is 1.63. The molecule has 3 atom stereocenters. The third kappa shape index (κ3) is 4.15. The standard InChI is InChI=1S/C20H19N5O5S2/c1-24-10-21-23-20(24)32-9-13-8-31-19-15(18(29)25(19)14(13)7-26)22-17(28)16(30-11-27)12-5-3-2-4-6-12/h2-7,10-11,15-16,19H,8-9H2,1H3,(H,22,28)/t15-,16-,19-/m1/s1. The molecule has 1 saturated heterocycles. The molecule has 0 aliphatic carbocycles. The van der Waals surface area contributed by atoms with Gasteiger partial charge in [-0.15, -0.1) is 22.0 Å². The molecule has 1 fully saturated rings. The quantitative estimate of drug-likeness (QED) is 0.318. The molecule has 2 amide bonds. The van der Waals surface area contributed by atoms with Crippen LogP contribution in [0.3, 0.4) is 0 Å². The van der Waals surface area contributed by atoms with Crippen LogP contribution in [-0.4, -0.2) is 67.2 Å². The van der Waals surface area contributed by atoms with Gasteiger partial charge >= 0.3 is 0 Å². The average molecular weight is 474 g/mol. The Bertz CT molecular complexity index is 1070. The molecule has 10 nitrogen and oxygen atoms in total. The fraction of sp³-hybridized carbons (Fsp3) is 0.300. The normalized spacial score (nSPS) is 20.8. The Hall–Kier alpha value is -3.12. The van der Waals surface area contributed by atoms with Crippen molar-refractivity contribution in [3.05, 3.63) is 53.5 Å². The molecule has 2 aliphatic rings. The first kappa shape index (κ1) is 22.1. The molecule has 2 aliphatic heterocycles. The van der Waals surface area contributed by atoms with Gasteiger partial charge in [0.1, 0.15) is 17.7 Å². The lowest BCUT2D eigenvalue weighted by Crippen LogP contribution is -2.70. The highest BCUT2D eigenvalue weighted by atomic mass is 32.2. The number of aromatic nitrogens is 3. The van der Waals surface area contributed by atoms with E-state index in [1.165, 1.54) is 28.4 Å². The molecule has 2 aromatic rings. The van der Waals surface area contributed by atoms with Gasteiger partial charge in [-0.2, -0.15) is 0 Å². The number of aldehydes is 1. The van der Waals surface area contributed by atoms with E-state index in [9.17, 15) is 19.2 Å². The van der Waals surface area contributed by atoms with Crippen LogP contribution in [0.4, 0.5) is 0 Å². The van der Waals surface area contributed by atoms with Crippen LogP contribution in [-0.2, 0) is 31.0 Å². The van der Waals surface area contributed by atoms with Gasteiger partial charge in [0.15, 0.2) is 11.4 Å². The van der Waals surface area contributed by atoms with Crippen molar-refractivity contribution in [1.29, 1.82) is 0 Å². The number of nitrogens with zero attached hydrogens (tertiary/aromatic N) is 4. The van der Waals surface area contributed by atoms with Crippen LogP contribution in [0.5, 0.6) is 0 Å². The number of carbonyl (C=O) groups excluding carboxylic acids is 4. The van der Waals surface area contributed by atoms with Gasteiger partial charge in [0.25, 0.3) is 18.3 Å². The van der Waals surface area contributed by atoms with Crippen LogP contribution < -0.4 is 5.32 Å². The molecule has 4 rings (SSSR count). The second-order valence-corrected chi connectivity index (χ2v) is 9.09. The van der Waals surface area contributed by atoms with Crippen molar-refractivity contribution in [2.75, 3.05) is 11.5 Å². The first-order valence-corrected chi connectivity index (χ1v) is 11.6. The van der Waals surface area contributed by atoms with Crippen molar-refractivity contribution in [2.24, 2.45) is 7.05 Å². The molecule has 166 valence electrons. The molecular weight excluding hydrogens is 454 g/mol. The summed E-state index contributed by atoms with van der Waals surface area (Å²) >= 11 is 2.89. The van der Waals surface area contributed by atoms with Gasteiger partial charge in [-0.1, -0.05) is 42.1 Å². The Morgan fingerprint density at radius 2 is 2.16 bits per heavy atom. The Morgan fingerprint density at radius 1 is 1.38 bits per heavy atom. The van der Waals surface area contributed by atoms with Crippen LogP contribution in [0.25, 0.3) is 0 Å². The minimum absolute atomic E-state index is 0.204. The maximum Gasteiger partial charge on any atom is 0.294 e. The van der Waals surface area contributed by atoms with E-state index >= 15 is 0 Å². The molecular formula is C20H19N5O5S2. The minimum atomic E-state index is -1.16. The van der Waals surface area contributed by atoms with Gasteiger partial charge in [0.05, 0.1) is 5.70 Å². The first-order valence-electron chi connectivity index (χ1n) is 9.58. The molecule has 1 N–H and O–H groups in total. The second kappa shape index (κ2) is 9.57. The summed E-state index contributed by atoms with van der Waals surface area (Å²) in [7, 11) is 1.83. The molecule has 0 bridgehead atoms.